The summed E-state index contributed by atoms with van der Waals surface area (Å²) < 4.78 is 10.2. The minimum Gasteiger partial charge on any atom is -0.497 e. The van der Waals surface area contributed by atoms with E-state index in [9.17, 15) is 9.59 Å². The standard InChI is InChI=1S/C16H15ClN2O4/c1-10(23-16(21)11-6-7-14(17)18-9-11)15(20)19-12-4-3-5-13(8-12)22-2/h3-10H,1-2H3,(H,19,20). The molecular weight excluding hydrogens is 320 g/mol. The first-order valence-corrected chi connectivity index (χ1v) is 7.15. The molecule has 0 saturated carbocycles. The molecule has 1 aromatic heterocycles. The number of hydrogen-bond donors (Lipinski definition) is 1. The van der Waals surface area contributed by atoms with E-state index in [0.29, 0.717) is 11.4 Å². The van der Waals surface area contributed by atoms with Gasteiger partial charge in [0.05, 0.1) is 12.7 Å². The van der Waals surface area contributed by atoms with Gasteiger partial charge in [-0.25, -0.2) is 9.78 Å². The Morgan fingerprint density at radius 2 is 2.04 bits per heavy atom. The first-order valence-electron chi connectivity index (χ1n) is 6.77. The van der Waals surface area contributed by atoms with E-state index in [2.05, 4.69) is 10.3 Å². The van der Waals surface area contributed by atoms with Crippen molar-refractivity contribution in [3.05, 3.63) is 53.3 Å². The summed E-state index contributed by atoms with van der Waals surface area (Å²) in [6.07, 6.45) is 0.321. The van der Waals surface area contributed by atoms with Crippen LogP contribution in [0.25, 0.3) is 0 Å². The molecule has 1 heterocycles. The zero-order valence-electron chi connectivity index (χ0n) is 12.6. The lowest BCUT2D eigenvalue weighted by Crippen LogP contribution is -2.30. The van der Waals surface area contributed by atoms with E-state index >= 15 is 0 Å². The van der Waals surface area contributed by atoms with Crippen molar-refractivity contribution in [2.75, 3.05) is 12.4 Å². The summed E-state index contributed by atoms with van der Waals surface area (Å²) in [5.41, 5.74) is 0.765. The number of amides is 1. The number of ether oxygens (including phenoxy) is 2. The van der Waals surface area contributed by atoms with Gasteiger partial charge in [0, 0.05) is 18.0 Å². The molecule has 1 N–H and O–H groups in total. The summed E-state index contributed by atoms with van der Waals surface area (Å²) in [4.78, 5) is 27.8. The van der Waals surface area contributed by atoms with Crippen molar-refractivity contribution in [1.82, 2.24) is 4.98 Å². The fourth-order valence-corrected chi connectivity index (χ4v) is 1.84. The molecule has 0 aliphatic heterocycles. The average Bonchev–Trinajstić information content (AvgIpc) is 2.55. The van der Waals surface area contributed by atoms with Crippen molar-refractivity contribution in [2.24, 2.45) is 0 Å². The monoisotopic (exact) mass is 334 g/mol. The molecule has 1 amide bonds. The van der Waals surface area contributed by atoms with E-state index in [4.69, 9.17) is 21.1 Å². The summed E-state index contributed by atoms with van der Waals surface area (Å²) in [7, 11) is 1.53. The lowest BCUT2D eigenvalue weighted by molar-refractivity contribution is -0.123. The second kappa shape index (κ2) is 7.60. The number of methoxy groups -OCH3 is 1. The van der Waals surface area contributed by atoms with Crippen LogP contribution in [0.1, 0.15) is 17.3 Å². The molecule has 0 fully saturated rings. The maximum Gasteiger partial charge on any atom is 0.340 e. The van der Waals surface area contributed by atoms with Crippen molar-refractivity contribution in [1.29, 1.82) is 0 Å². The molecule has 1 unspecified atom stereocenters. The summed E-state index contributed by atoms with van der Waals surface area (Å²) in [5, 5.41) is 2.92. The van der Waals surface area contributed by atoms with Crippen molar-refractivity contribution in [2.45, 2.75) is 13.0 Å². The van der Waals surface area contributed by atoms with Crippen LogP contribution in [0.4, 0.5) is 5.69 Å². The average molecular weight is 335 g/mol. The Balaban J connectivity index is 1.96. The van der Waals surface area contributed by atoms with Crippen LogP contribution >= 0.6 is 11.6 Å². The van der Waals surface area contributed by atoms with Gasteiger partial charge >= 0.3 is 5.97 Å². The van der Waals surface area contributed by atoms with E-state index in [-0.39, 0.29) is 10.7 Å². The van der Waals surface area contributed by atoms with Gasteiger partial charge in [-0.05, 0) is 31.2 Å². The smallest absolute Gasteiger partial charge is 0.340 e. The molecule has 1 aromatic carbocycles. The minimum atomic E-state index is -0.968. The van der Waals surface area contributed by atoms with Crippen LogP contribution in [-0.2, 0) is 9.53 Å². The Morgan fingerprint density at radius 3 is 2.70 bits per heavy atom. The highest BCUT2D eigenvalue weighted by Gasteiger charge is 2.19. The van der Waals surface area contributed by atoms with Crippen molar-refractivity contribution in [3.63, 3.8) is 0 Å². The van der Waals surface area contributed by atoms with Gasteiger partial charge in [-0.15, -0.1) is 0 Å². The van der Waals surface area contributed by atoms with Gasteiger partial charge in [0.2, 0.25) is 0 Å². The number of aromatic nitrogens is 1. The Bertz CT molecular complexity index is 703. The molecule has 2 aromatic rings. The number of carbonyl (C=O) groups is 2. The number of nitrogens with zero attached hydrogens (tertiary/aromatic N) is 1. The third-order valence-electron chi connectivity index (χ3n) is 2.95. The highest BCUT2D eigenvalue weighted by Crippen LogP contribution is 2.17. The maximum atomic E-state index is 12.1. The molecule has 7 heteroatoms. The normalized spacial score (nSPS) is 11.4. The second-order valence-corrected chi connectivity index (χ2v) is 5.03. The van der Waals surface area contributed by atoms with Crippen molar-refractivity contribution in [3.8, 4) is 5.75 Å². The lowest BCUT2D eigenvalue weighted by atomic mass is 10.2. The SMILES string of the molecule is COc1cccc(NC(=O)C(C)OC(=O)c2ccc(Cl)nc2)c1. The predicted molar refractivity (Wildman–Crippen MR) is 85.7 cm³/mol. The van der Waals surface area contributed by atoms with Crippen LogP contribution < -0.4 is 10.1 Å². The van der Waals surface area contributed by atoms with Gasteiger partial charge in [-0.3, -0.25) is 4.79 Å². The molecule has 120 valence electrons. The highest BCUT2D eigenvalue weighted by molar-refractivity contribution is 6.29. The fourth-order valence-electron chi connectivity index (χ4n) is 1.72. The molecular formula is C16H15ClN2O4. The number of carbonyl (C=O) groups excluding carboxylic acids is 2. The maximum absolute atomic E-state index is 12.1. The minimum absolute atomic E-state index is 0.218. The molecule has 0 aliphatic carbocycles. The number of nitrogens with one attached hydrogen (secondary N) is 1. The van der Waals surface area contributed by atoms with Crippen molar-refractivity contribution < 1.29 is 19.1 Å². The molecule has 6 nitrogen and oxygen atoms in total. The first kappa shape index (κ1) is 16.8. The Labute approximate surface area is 138 Å². The molecule has 0 radical (unpaired) electrons. The Kier molecular flexibility index (Phi) is 5.54. The molecule has 23 heavy (non-hydrogen) atoms. The number of anilines is 1. The lowest BCUT2D eigenvalue weighted by Gasteiger charge is -2.14. The summed E-state index contributed by atoms with van der Waals surface area (Å²) in [6.45, 7) is 1.48. The van der Waals surface area contributed by atoms with E-state index in [1.54, 1.807) is 24.3 Å². The fraction of sp³-hybridized carbons (Fsp3) is 0.188. The topological polar surface area (TPSA) is 77.5 Å². The number of hydrogen-bond acceptors (Lipinski definition) is 5. The summed E-state index contributed by atoms with van der Waals surface area (Å²) in [5.74, 6) is -0.490. The van der Waals surface area contributed by atoms with Crippen LogP contribution in [-0.4, -0.2) is 30.1 Å². The second-order valence-electron chi connectivity index (χ2n) is 4.64. The van der Waals surface area contributed by atoms with E-state index in [1.165, 1.54) is 32.4 Å². The van der Waals surface area contributed by atoms with Gasteiger partial charge in [0.1, 0.15) is 10.9 Å². The molecule has 1 atom stereocenters. The van der Waals surface area contributed by atoms with Gasteiger partial charge < -0.3 is 14.8 Å². The molecule has 0 saturated heterocycles. The van der Waals surface area contributed by atoms with Gasteiger partial charge in [-0.2, -0.15) is 0 Å². The third-order valence-corrected chi connectivity index (χ3v) is 3.18. The Morgan fingerprint density at radius 1 is 1.26 bits per heavy atom. The van der Waals surface area contributed by atoms with Gasteiger partial charge in [-0.1, -0.05) is 17.7 Å². The molecule has 0 aliphatic rings. The largest absolute Gasteiger partial charge is 0.497 e. The van der Waals surface area contributed by atoms with Crippen LogP contribution in [0.3, 0.4) is 0 Å². The number of halogens is 1. The van der Waals surface area contributed by atoms with Crippen LogP contribution in [0.5, 0.6) is 5.75 Å². The zero-order chi connectivity index (χ0) is 16.8. The van der Waals surface area contributed by atoms with Crippen LogP contribution in [0.2, 0.25) is 5.15 Å². The van der Waals surface area contributed by atoms with Crippen molar-refractivity contribution >= 4 is 29.2 Å². The molecule has 2 rings (SSSR count). The van der Waals surface area contributed by atoms with Gasteiger partial charge in [0.25, 0.3) is 5.91 Å². The summed E-state index contributed by atoms with van der Waals surface area (Å²) in [6, 6.07) is 9.81. The number of esters is 1. The Hall–Kier alpha value is -2.60. The molecule has 0 bridgehead atoms. The third kappa shape index (κ3) is 4.69. The van der Waals surface area contributed by atoms with E-state index < -0.39 is 18.0 Å². The zero-order valence-corrected chi connectivity index (χ0v) is 13.3. The number of rotatable bonds is 5. The van der Waals surface area contributed by atoms with Gasteiger partial charge in [0.15, 0.2) is 6.10 Å². The first-order chi connectivity index (χ1) is 11.0. The predicted octanol–water partition coefficient (Wildman–Crippen LogP) is 2.93. The van der Waals surface area contributed by atoms with E-state index in [1.807, 2.05) is 0 Å². The number of benzene rings is 1. The van der Waals surface area contributed by atoms with E-state index in [0.717, 1.165) is 0 Å². The molecule has 0 spiro atoms. The highest BCUT2D eigenvalue weighted by atomic mass is 35.5. The van der Waals surface area contributed by atoms with Crippen LogP contribution in [0, 0.1) is 0 Å². The summed E-state index contributed by atoms with van der Waals surface area (Å²) >= 11 is 5.65. The van der Waals surface area contributed by atoms with Crippen LogP contribution in [0.15, 0.2) is 42.6 Å². The number of pyridine rings is 1. The quantitative estimate of drug-likeness (QED) is 0.672.